The Labute approximate surface area is 236 Å². The lowest BCUT2D eigenvalue weighted by Gasteiger charge is -2.18. The van der Waals surface area contributed by atoms with Crippen LogP contribution in [0.5, 0.6) is 0 Å². The number of benzene rings is 3. The van der Waals surface area contributed by atoms with E-state index >= 15 is 0 Å². The van der Waals surface area contributed by atoms with Crippen LogP contribution in [0.25, 0.3) is 0 Å². The number of hydrazine groups is 1. The van der Waals surface area contributed by atoms with Gasteiger partial charge in [0.25, 0.3) is 11.8 Å². The van der Waals surface area contributed by atoms with Crippen LogP contribution in [0.1, 0.15) is 67.7 Å². The van der Waals surface area contributed by atoms with E-state index in [1.807, 2.05) is 60.7 Å². The maximum absolute atomic E-state index is 13.4. The van der Waals surface area contributed by atoms with E-state index in [1.165, 1.54) is 6.07 Å². The quantitative estimate of drug-likeness (QED) is 0.280. The summed E-state index contributed by atoms with van der Waals surface area (Å²) < 4.78 is 5.90. The van der Waals surface area contributed by atoms with Crippen molar-refractivity contribution in [3.63, 3.8) is 0 Å². The van der Waals surface area contributed by atoms with Gasteiger partial charge in [-0.1, -0.05) is 78.3 Å². The smallest absolute Gasteiger partial charge is 0.305 e. The van der Waals surface area contributed by atoms with E-state index in [4.69, 9.17) is 16.0 Å². The highest BCUT2D eigenvalue weighted by Gasteiger charge is 2.29. The van der Waals surface area contributed by atoms with Crippen LogP contribution in [0, 0.1) is 6.92 Å². The number of aryl methyl sites for hydroxylation is 1. The van der Waals surface area contributed by atoms with Crippen LogP contribution >= 0.6 is 11.6 Å². The third kappa shape index (κ3) is 5.82. The third-order valence-corrected chi connectivity index (χ3v) is 6.97. The van der Waals surface area contributed by atoms with Gasteiger partial charge in [0.2, 0.25) is 0 Å². The molecule has 0 unspecified atom stereocenters. The molecule has 3 aromatic carbocycles. The average Bonchev–Trinajstić information content (AvgIpc) is 3.33. The van der Waals surface area contributed by atoms with E-state index in [9.17, 15) is 14.4 Å². The molecule has 0 fully saturated rings. The van der Waals surface area contributed by atoms with Crippen molar-refractivity contribution in [2.75, 3.05) is 0 Å². The van der Waals surface area contributed by atoms with E-state index < -0.39 is 17.7 Å². The number of nitrogens with one attached hydrogen (secondary N) is 3. The molecule has 1 aliphatic rings. The number of rotatable bonds is 6. The summed E-state index contributed by atoms with van der Waals surface area (Å²) in [6.45, 7) is 1.76. The maximum atomic E-state index is 13.4. The zero-order chi connectivity index (χ0) is 28.1. The molecule has 0 radical (unpaired) electrons. The molecule has 9 heteroatoms. The van der Waals surface area contributed by atoms with Gasteiger partial charge in [-0.25, -0.2) is 5.43 Å². The molecular weight excluding hydrogens is 528 g/mol. The summed E-state index contributed by atoms with van der Waals surface area (Å²) in [4.78, 5) is 38.7. The first-order chi connectivity index (χ1) is 19.4. The Morgan fingerprint density at radius 3 is 2.15 bits per heavy atom. The van der Waals surface area contributed by atoms with E-state index in [-0.39, 0.29) is 11.7 Å². The van der Waals surface area contributed by atoms with Gasteiger partial charge in [-0.05, 0) is 49.1 Å². The predicted molar refractivity (Wildman–Crippen MR) is 152 cm³/mol. The van der Waals surface area contributed by atoms with Gasteiger partial charge in [0.1, 0.15) is 5.76 Å². The van der Waals surface area contributed by atoms with Crippen molar-refractivity contribution >= 4 is 35.0 Å². The Morgan fingerprint density at radius 1 is 0.850 bits per heavy atom. The molecule has 5 rings (SSSR count). The van der Waals surface area contributed by atoms with Gasteiger partial charge < -0.3 is 4.42 Å². The molecule has 8 nitrogen and oxygen atoms in total. The van der Waals surface area contributed by atoms with Gasteiger partial charge in [0, 0.05) is 28.1 Å². The van der Waals surface area contributed by atoms with Gasteiger partial charge in [-0.15, -0.1) is 0 Å². The van der Waals surface area contributed by atoms with Crippen molar-refractivity contribution in [1.82, 2.24) is 16.3 Å². The first-order valence-corrected chi connectivity index (χ1v) is 13.3. The Bertz CT molecular complexity index is 1540. The first kappa shape index (κ1) is 26.9. The van der Waals surface area contributed by atoms with Gasteiger partial charge in [0.05, 0.1) is 11.6 Å². The average molecular weight is 555 g/mol. The molecule has 202 valence electrons. The van der Waals surface area contributed by atoms with Crippen LogP contribution in [0.15, 0.2) is 94.4 Å². The van der Waals surface area contributed by atoms with Crippen molar-refractivity contribution in [3.8, 4) is 0 Å². The molecule has 0 aliphatic heterocycles. The fourth-order valence-corrected chi connectivity index (χ4v) is 5.03. The fourth-order valence-electron chi connectivity index (χ4n) is 4.84. The lowest BCUT2D eigenvalue weighted by atomic mass is 9.90. The van der Waals surface area contributed by atoms with E-state index in [0.29, 0.717) is 46.0 Å². The number of hydrogen-bond acceptors (Lipinski definition) is 5. The van der Waals surface area contributed by atoms with E-state index in [1.54, 1.807) is 25.1 Å². The number of hydrogen-bond donors (Lipinski definition) is 3. The van der Waals surface area contributed by atoms with E-state index in [0.717, 1.165) is 17.5 Å². The summed E-state index contributed by atoms with van der Waals surface area (Å²) in [7, 11) is 0. The number of nitrogens with zero attached hydrogens (tertiary/aromatic N) is 1. The summed E-state index contributed by atoms with van der Waals surface area (Å²) in [5.41, 5.74) is 11.5. The molecule has 4 aromatic rings. The minimum Gasteiger partial charge on any atom is -0.455 e. The lowest BCUT2D eigenvalue weighted by molar-refractivity contribution is -0.121. The number of fused-ring (bicyclic) bond motifs is 1. The van der Waals surface area contributed by atoms with E-state index in [2.05, 4.69) is 21.4 Å². The first-order valence-electron chi connectivity index (χ1n) is 12.9. The molecule has 1 aliphatic carbocycles. The topological polar surface area (TPSA) is 113 Å². The minimum atomic E-state index is -0.598. The van der Waals surface area contributed by atoms with Crippen molar-refractivity contribution in [2.24, 2.45) is 5.10 Å². The Balaban J connectivity index is 1.34. The Kier molecular flexibility index (Phi) is 8.07. The SMILES string of the molecule is Cc1c(C(=O)NNC(=O)c2cccc(Cl)c2)oc2c1/C(=N/NC(=O)C(c1ccccc1)c1ccccc1)CCC2. The Morgan fingerprint density at radius 2 is 1.50 bits per heavy atom. The standard InChI is InChI=1S/C31H27ClN4O4/c1-19-26-24(33-35-30(38)27(20-10-4-2-5-11-20)21-12-6-3-7-13-21)16-9-17-25(26)40-28(19)31(39)36-34-29(37)22-14-8-15-23(32)18-22/h2-8,10-15,18,27H,9,16-17H2,1H3,(H,34,37)(H,35,38)(H,36,39)/b33-24+. The number of furan rings is 1. The molecule has 40 heavy (non-hydrogen) atoms. The molecule has 0 saturated carbocycles. The van der Waals surface area contributed by atoms with Crippen LogP contribution in [-0.2, 0) is 11.2 Å². The normalized spacial score (nSPS) is 13.5. The molecule has 0 bridgehead atoms. The number of hydrazone groups is 1. The van der Waals surface area contributed by atoms with Crippen molar-refractivity contribution < 1.29 is 18.8 Å². The highest BCUT2D eigenvalue weighted by atomic mass is 35.5. The summed E-state index contributed by atoms with van der Waals surface area (Å²) in [6, 6.07) is 25.5. The van der Waals surface area contributed by atoms with Crippen LogP contribution in [0.2, 0.25) is 5.02 Å². The molecule has 0 spiro atoms. The number of carbonyl (C=O) groups is 3. The molecule has 1 aromatic heterocycles. The van der Waals surface area contributed by atoms with Gasteiger partial charge in [0.15, 0.2) is 5.76 Å². The maximum Gasteiger partial charge on any atom is 0.305 e. The monoisotopic (exact) mass is 554 g/mol. The highest BCUT2D eigenvalue weighted by Crippen LogP contribution is 2.30. The summed E-state index contributed by atoms with van der Waals surface area (Å²) in [5.74, 6) is -1.22. The van der Waals surface area contributed by atoms with Crippen LogP contribution in [-0.4, -0.2) is 23.4 Å². The summed E-state index contributed by atoms with van der Waals surface area (Å²) in [6.07, 6.45) is 1.99. The van der Waals surface area contributed by atoms with Crippen molar-refractivity contribution in [2.45, 2.75) is 32.1 Å². The van der Waals surface area contributed by atoms with Crippen LogP contribution in [0.4, 0.5) is 0 Å². The fraction of sp³-hybridized carbons (Fsp3) is 0.161. The second kappa shape index (κ2) is 12.0. The molecule has 0 atom stereocenters. The number of amides is 3. The summed E-state index contributed by atoms with van der Waals surface area (Å²) >= 11 is 5.94. The van der Waals surface area contributed by atoms with Gasteiger partial charge in [-0.3, -0.25) is 25.2 Å². The third-order valence-electron chi connectivity index (χ3n) is 6.74. The second-order valence-electron chi connectivity index (χ2n) is 9.42. The second-order valence-corrected chi connectivity index (χ2v) is 9.85. The number of carbonyl (C=O) groups excluding carboxylic acids is 3. The molecule has 1 heterocycles. The van der Waals surface area contributed by atoms with Crippen molar-refractivity contribution in [1.29, 1.82) is 0 Å². The number of halogens is 1. The van der Waals surface area contributed by atoms with Crippen LogP contribution < -0.4 is 16.3 Å². The minimum absolute atomic E-state index is 0.0729. The van der Waals surface area contributed by atoms with Gasteiger partial charge in [-0.2, -0.15) is 5.10 Å². The van der Waals surface area contributed by atoms with Gasteiger partial charge >= 0.3 is 5.91 Å². The van der Waals surface area contributed by atoms with Crippen molar-refractivity contribution in [3.05, 3.63) is 129 Å². The lowest BCUT2D eigenvalue weighted by Crippen LogP contribution is -2.41. The molecule has 3 N–H and O–H groups in total. The highest BCUT2D eigenvalue weighted by molar-refractivity contribution is 6.31. The molecule has 0 saturated heterocycles. The van der Waals surface area contributed by atoms with Crippen LogP contribution in [0.3, 0.4) is 0 Å². The largest absolute Gasteiger partial charge is 0.455 e. The Hall–Kier alpha value is -4.69. The zero-order valence-corrected chi connectivity index (χ0v) is 22.5. The molecule has 3 amide bonds. The summed E-state index contributed by atoms with van der Waals surface area (Å²) in [5, 5.41) is 4.90. The predicted octanol–water partition coefficient (Wildman–Crippen LogP) is 5.30. The molecular formula is C31H27ClN4O4. The zero-order valence-electron chi connectivity index (χ0n) is 21.7.